The van der Waals surface area contributed by atoms with Crippen LogP contribution < -0.4 is 15.0 Å². The Labute approximate surface area is 207 Å². The number of amides is 1. The summed E-state index contributed by atoms with van der Waals surface area (Å²) in [5.41, 5.74) is 4.33. The number of pyridine rings is 1. The topological polar surface area (TPSA) is 54.5 Å². The number of para-hydroxylation sites is 2. The fourth-order valence-corrected chi connectivity index (χ4v) is 4.98. The Bertz CT molecular complexity index is 1320. The first-order valence-electron chi connectivity index (χ1n) is 10.8. The molecule has 5 rings (SSSR count). The van der Waals surface area contributed by atoms with Crippen molar-refractivity contribution in [2.24, 2.45) is 0 Å². The lowest BCUT2D eigenvalue weighted by molar-refractivity contribution is 0.0981. The molecule has 34 heavy (non-hydrogen) atoms. The number of nitrogens with zero attached hydrogens (tertiary/aromatic N) is 2. The van der Waals surface area contributed by atoms with E-state index in [9.17, 15) is 4.79 Å². The van der Waals surface area contributed by atoms with Crippen LogP contribution in [0.2, 0.25) is 5.02 Å². The molecule has 0 fully saturated rings. The van der Waals surface area contributed by atoms with Gasteiger partial charge in [-0.3, -0.25) is 9.69 Å². The quantitative estimate of drug-likeness (QED) is 0.303. The number of halogens is 1. The van der Waals surface area contributed by atoms with Crippen molar-refractivity contribution in [1.82, 2.24) is 4.98 Å². The van der Waals surface area contributed by atoms with Gasteiger partial charge in [0.15, 0.2) is 0 Å². The van der Waals surface area contributed by atoms with Crippen LogP contribution in [0.3, 0.4) is 0 Å². The molecule has 1 amide bonds. The molecular formula is C27H22ClN3O2S. The second kappa shape index (κ2) is 9.79. The lowest BCUT2D eigenvalue weighted by Gasteiger charge is -2.26. The van der Waals surface area contributed by atoms with Crippen molar-refractivity contribution in [3.8, 4) is 5.75 Å². The van der Waals surface area contributed by atoms with E-state index in [1.807, 2.05) is 54.6 Å². The van der Waals surface area contributed by atoms with Gasteiger partial charge in [0.1, 0.15) is 11.9 Å². The van der Waals surface area contributed by atoms with E-state index in [-0.39, 0.29) is 12.1 Å². The Hall–Kier alpha value is -3.48. The van der Waals surface area contributed by atoms with Crippen molar-refractivity contribution >= 4 is 40.6 Å². The van der Waals surface area contributed by atoms with E-state index in [2.05, 4.69) is 16.4 Å². The second-order valence-corrected chi connectivity index (χ2v) is 9.21. The van der Waals surface area contributed by atoms with Crippen LogP contribution in [-0.4, -0.2) is 18.0 Å². The zero-order valence-electron chi connectivity index (χ0n) is 18.4. The summed E-state index contributed by atoms with van der Waals surface area (Å²) in [7, 11) is 1.67. The van der Waals surface area contributed by atoms with Gasteiger partial charge in [-0.2, -0.15) is 0 Å². The molecule has 1 N–H and O–H groups in total. The Morgan fingerprint density at radius 1 is 1.06 bits per heavy atom. The smallest absolute Gasteiger partial charge is 0.260 e. The summed E-state index contributed by atoms with van der Waals surface area (Å²) in [6.07, 6.45) is 1.43. The minimum absolute atomic E-state index is 0.0978. The fourth-order valence-electron chi connectivity index (χ4n) is 4.01. The normalized spacial score (nSPS) is 14.4. The van der Waals surface area contributed by atoms with Crippen LogP contribution in [0.15, 0.2) is 96.2 Å². The average Bonchev–Trinajstić information content (AvgIpc) is 3.27. The maximum absolute atomic E-state index is 13.6. The fraction of sp³-hybridized carbons (Fsp3) is 0.111. The Balaban J connectivity index is 1.49. The number of aromatic nitrogens is 1. The maximum Gasteiger partial charge on any atom is 0.260 e. The largest absolute Gasteiger partial charge is 0.496 e. The van der Waals surface area contributed by atoms with Crippen molar-refractivity contribution < 1.29 is 9.53 Å². The van der Waals surface area contributed by atoms with Crippen LogP contribution in [-0.2, 0) is 5.75 Å². The van der Waals surface area contributed by atoms with Gasteiger partial charge in [-0.1, -0.05) is 35.9 Å². The lowest BCUT2D eigenvalue weighted by atomic mass is 10.1. The zero-order chi connectivity index (χ0) is 23.5. The molecule has 1 unspecified atom stereocenters. The third-order valence-electron chi connectivity index (χ3n) is 5.66. The highest BCUT2D eigenvalue weighted by Gasteiger charge is 2.35. The molecule has 1 aliphatic heterocycles. The first-order valence-corrected chi connectivity index (χ1v) is 12.2. The summed E-state index contributed by atoms with van der Waals surface area (Å²) in [5, 5.41) is 5.06. The van der Waals surface area contributed by atoms with Crippen LogP contribution in [0, 0.1) is 0 Å². The molecule has 1 aliphatic rings. The molecule has 3 aromatic carbocycles. The summed E-state index contributed by atoms with van der Waals surface area (Å²) < 4.78 is 5.62. The molecular weight excluding hydrogens is 466 g/mol. The van der Waals surface area contributed by atoms with E-state index in [1.165, 1.54) is 0 Å². The first kappa shape index (κ1) is 22.3. The highest BCUT2D eigenvalue weighted by molar-refractivity contribution is 7.98. The number of rotatable bonds is 6. The molecule has 0 bridgehead atoms. The van der Waals surface area contributed by atoms with Crippen LogP contribution in [0.1, 0.15) is 27.7 Å². The van der Waals surface area contributed by atoms with E-state index in [0.29, 0.717) is 16.3 Å². The number of hydrogen-bond acceptors (Lipinski definition) is 5. The Morgan fingerprint density at radius 2 is 1.85 bits per heavy atom. The van der Waals surface area contributed by atoms with E-state index >= 15 is 0 Å². The van der Waals surface area contributed by atoms with Gasteiger partial charge in [0, 0.05) is 28.1 Å². The van der Waals surface area contributed by atoms with Crippen LogP contribution in [0.4, 0.5) is 11.4 Å². The van der Waals surface area contributed by atoms with Gasteiger partial charge in [-0.25, -0.2) is 4.98 Å². The van der Waals surface area contributed by atoms with Gasteiger partial charge in [0.25, 0.3) is 5.91 Å². The Kier molecular flexibility index (Phi) is 6.43. The number of fused-ring (bicyclic) bond motifs is 1. The van der Waals surface area contributed by atoms with E-state index in [1.54, 1.807) is 54.2 Å². The van der Waals surface area contributed by atoms with Crippen molar-refractivity contribution in [1.29, 1.82) is 0 Å². The summed E-state index contributed by atoms with van der Waals surface area (Å²) in [5.74, 6) is 1.40. The highest BCUT2D eigenvalue weighted by atomic mass is 35.5. The number of thioether (sulfide) groups is 1. The van der Waals surface area contributed by atoms with Crippen LogP contribution in [0.25, 0.3) is 0 Å². The molecule has 0 radical (unpaired) electrons. The second-order valence-electron chi connectivity index (χ2n) is 7.77. The van der Waals surface area contributed by atoms with Crippen molar-refractivity contribution in [3.05, 3.63) is 113 Å². The van der Waals surface area contributed by atoms with E-state index in [4.69, 9.17) is 16.3 Å². The molecule has 0 saturated carbocycles. The molecule has 4 aromatic rings. The molecule has 0 spiro atoms. The predicted molar refractivity (Wildman–Crippen MR) is 138 cm³/mol. The third kappa shape index (κ3) is 4.47. The van der Waals surface area contributed by atoms with Crippen LogP contribution >= 0.6 is 23.4 Å². The zero-order valence-corrected chi connectivity index (χ0v) is 20.0. The number of ether oxygens (including phenoxy) is 1. The standard InChI is InChI=1S/C27H22ClN3O2S/c1-33-24-14-11-19(16-20(24)17-34-25-8-4-5-15-29-25)26-30-22-6-2-3-7-23(22)31(26)27(32)18-9-12-21(28)13-10-18/h2-16,26,30H,17H2,1H3. The van der Waals surface area contributed by atoms with Gasteiger partial charge < -0.3 is 10.1 Å². The maximum atomic E-state index is 13.6. The predicted octanol–water partition coefficient (Wildman–Crippen LogP) is 6.81. The van der Waals surface area contributed by atoms with Gasteiger partial charge in [-0.05, 0) is 66.2 Å². The van der Waals surface area contributed by atoms with Gasteiger partial charge in [-0.15, -0.1) is 11.8 Å². The molecule has 7 heteroatoms. The van der Waals surface area contributed by atoms with E-state index < -0.39 is 0 Å². The van der Waals surface area contributed by atoms with Crippen molar-refractivity contribution in [2.45, 2.75) is 16.9 Å². The molecule has 0 saturated heterocycles. The van der Waals surface area contributed by atoms with E-state index in [0.717, 1.165) is 33.3 Å². The number of carbonyl (C=O) groups excluding carboxylic acids is 1. The van der Waals surface area contributed by atoms with Crippen molar-refractivity contribution in [3.63, 3.8) is 0 Å². The molecule has 0 aliphatic carbocycles. The molecule has 170 valence electrons. The minimum atomic E-state index is -0.356. The summed E-state index contributed by atoms with van der Waals surface area (Å²) in [6, 6.07) is 26.7. The molecule has 1 aromatic heterocycles. The highest BCUT2D eigenvalue weighted by Crippen LogP contribution is 2.43. The molecule has 1 atom stereocenters. The number of carbonyl (C=O) groups is 1. The lowest BCUT2D eigenvalue weighted by Crippen LogP contribution is -2.34. The third-order valence-corrected chi connectivity index (χ3v) is 6.90. The van der Waals surface area contributed by atoms with Crippen LogP contribution in [0.5, 0.6) is 5.75 Å². The number of benzene rings is 3. The minimum Gasteiger partial charge on any atom is -0.496 e. The summed E-state index contributed by atoms with van der Waals surface area (Å²) in [6.45, 7) is 0. The number of nitrogens with one attached hydrogen (secondary N) is 1. The molecule has 2 heterocycles. The number of hydrogen-bond donors (Lipinski definition) is 1. The monoisotopic (exact) mass is 487 g/mol. The number of methoxy groups -OCH3 is 1. The van der Waals surface area contributed by atoms with Gasteiger partial charge >= 0.3 is 0 Å². The summed E-state index contributed by atoms with van der Waals surface area (Å²) >= 11 is 7.69. The summed E-state index contributed by atoms with van der Waals surface area (Å²) in [4.78, 5) is 19.8. The average molecular weight is 488 g/mol. The van der Waals surface area contributed by atoms with Gasteiger partial charge in [0.05, 0.1) is 23.5 Å². The SMILES string of the molecule is COc1ccc(C2Nc3ccccc3N2C(=O)c2ccc(Cl)cc2)cc1CSc1ccccn1. The van der Waals surface area contributed by atoms with Crippen molar-refractivity contribution in [2.75, 3.05) is 17.3 Å². The Morgan fingerprint density at radius 3 is 2.62 bits per heavy atom. The number of anilines is 2. The first-order chi connectivity index (χ1) is 16.6. The van der Waals surface area contributed by atoms with Gasteiger partial charge in [0.2, 0.25) is 0 Å². The molecule has 5 nitrogen and oxygen atoms in total.